The number of hydrogen-bond donors (Lipinski definition) is 2. The van der Waals surface area contributed by atoms with Crippen LogP contribution in [0.2, 0.25) is 0 Å². The van der Waals surface area contributed by atoms with Crippen LogP contribution in [0.1, 0.15) is 0 Å². The summed E-state index contributed by atoms with van der Waals surface area (Å²) in [4.78, 5) is 0. The van der Waals surface area contributed by atoms with Crippen molar-refractivity contribution in [1.82, 2.24) is 0 Å². The first-order valence-corrected chi connectivity index (χ1v) is 18.1. The van der Waals surface area contributed by atoms with Gasteiger partial charge in [-0.1, -0.05) is 23.6 Å². The second kappa shape index (κ2) is 12.7. The van der Waals surface area contributed by atoms with Crippen LogP contribution in [0.25, 0.3) is 0 Å². The van der Waals surface area contributed by atoms with Gasteiger partial charge in [0.2, 0.25) is 0 Å². The van der Waals surface area contributed by atoms with E-state index in [0.717, 1.165) is 0 Å². The molecule has 0 N–H and O–H groups in total. The molecule has 16 heteroatoms. The van der Waals surface area contributed by atoms with Gasteiger partial charge in [0.25, 0.3) is 0 Å². The van der Waals surface area contributed by atoms with E-state index in [9.17, 15) is 4.39 Å². The van der Waals surface area contributed by atoms with Gasteiger partial charge in [-0.05, 0) is 13.3 Å². The molecule has 177 valence electrons. The molecule has 0 amide bonds. The van der Waals surface area contributed by atoms with E-state index in [4.69, 9.17) is 64.2 Å². The first-order valence-electron chi connectivity index (χ1n) is 9.47. The third kappa shape index (κ3) is 9.06. The van der Waals surface area contributed by atoms with E-state index in [0.29, 0.717) is 6.61 Å². The Hall–Kier alpha value is 1.78. The Morgan fingerprint density at radius 1 is 1.00 bits per heavy atom. The minimum Gasteiger partial charge on any atom is -0.387 e. The van der Waals surface area contributed by atoms with Crippen LogP contribution in [-0.4, -0.2) is 111 Å². The van der Waals surface area contributed by atoms with Crippen molar-refractivity contribution < 1.29 is 37.1 Å². The molecule has 10 atom stereocenters. The zero-order valence-electron chi connectivity index (χ0n) is 17.7. The topological polar surface area (TPSA) is 64.6 Å². The maximum Gasteiger partial charge on any atom is 0.187 e. The van der Waals surface area contributed by atoms with E-state index >= 15 is 0 Å². The molecular formula is C15H28B2FO7P2S4. The zero-order valence-corrected chi connectivity index (χ0v) is 22.9. The zero-order chi connectivity index (χ0) is 23.4. The summed E-state index contributed by atoms with van der Waals surface area (Å²) in [5, 5.41) is 0. The van der Waals surface area contributed by atoms with Crippen LogP contribution in [0.5, 0.6) is 0 Å². The number of thiol groups is 2. The van der Waals surface area contributed by atoms with E-state index in [1.165, 1.54) is 0 Å². The monoisotopic (exact) mass is 551 g/mol. The minimum absolute atomic E-state index is 0.0661. The SMILES string of the molecule is [B][C@@H]1O[C@H](COC[B][C@@H]2O[C@H](COC)C(OP(C)(=S)S)C2OC)C(OP(C)(=S)S)C1F. The summed E-state index contributed by atoms with van der Waals surface area (Å²) in [5.41, 5.74) is -4.67. The first kappa shape index (κ1) is 29.0. The number of rotatable bonds is 12. The molecule has 0 aliphatic carbocycles. The minimum atomic E-state index is -2.41. The number of alkyl halides is 1. The van der Waals surface area contributed by atoms with Crippen molar-refractivity contribution in [2.24, 2.45) is 0 Å². The summed E-state index contributed by atoms with van der Waals surface area (Å²) in [6.07, 6.45) is -4.32. The largest absolute Gasteiger partial charge is 0.387 e. The van der Waals surface area contributed by atoms with Crippen LogP contribution in [0.4, 0.5) is 4.39 Å². The van der Waals surface area contributed by atoms with Crippen LogP contribution < -0.4 is 0 Å². The molecule has 0 aromatic rings. The van der Waals surface area contributed by atoms with Crippen LogP contribution in [0.15, 0.2) is 0 Å². The summed E-state index contributed by atoms with van der Waals surface area (Å²) in [5.74, 6) is 0. The van der Waals surface area contributed by atoms with Gasteiger partial charge in [0.1, 0.15) is 55.5 Å². The first-order chi connectivity index (χ1) is 14.4. The van der Waals surface area contributed by atoms with Gasteiger partial charge in [-0.25, -0.2) is 4.39 Å². The highest BCUT2D eigenvalue weighted by atomic mass is 32.9. The summed E-state index contributed by atoms with van der Waals surface area (Å²) in [7, 11) is 10.6. The molecule has 2 saturated heterocycles. The van der Waals surface area contributed by atoms with Crippen molar-refractivity contribution in [1.29, 1.82) is 0 Å². The fourth-order valence-corrected chi connectivity index (χ4v) is 6.11. The molecule has 7 nitrogen and oxygen atoms in total. The second-order valence-electron chi connectivity index (χ2n) is 7.40. The summed E-state index contributed by atoms with van der Waals surface area (Å²) in [6.45, 7) is 3.99. The van der Waals surface area contributed by atoms with Crippen molar-refractivity contribution in [2.45, 2.75) is 48.7 Å². The van der Waals surface area contributed by atoms with E-state index < -0.39 is 53.5 Å². The second-order valence-corrected chi connectivity index (χ2v) is 21.4. The fourth-order valence-electron chi connectivity index (χ4n) is 3.44. The maximum atomic E-state index is 14.3. The van der Waals surface area contributed by atoms with Gasteiger partial charge in [0, 0.05) is 20.7 Å². The molecule has 2 rings (SSSR count). The lowest BCUT2D eigenvalue weighted by molar-refractivity contribution is -0.0174. The molecule has 0 aromatic heterocycles. The van der Waals surface area contributed by atoms with Crippen molar-refractivity contribution in [2.75, 3.05) is 47.3 Å². The third-order valence-electron chi connectivity index (χ3n) is 4.64. The average molecular weight is 551 g/mol. The maximum absolute atomic E-state index is 14.3. The van der Waals surface area contributed by atoms with E-state index in [1.54, 1.807) is 34.8 Å². The van der Waals surface area contributed by atoms with Gasteiger partial charge in [-0.15, -0.1) is 24.5 Å². The normalized spacial score (nSPS) is 39.8. The molecule has 2 aliphatic heterocycles. The lowest BCUT2D eigenvalue weighted by Gasteiger charge is -2.26. The Bertz CT molecular complexity index is 675. The number of halogens is 1. The molecule has 31 heavy (non-hydrogen) atoms. The molecule has 3 radical (unpaired) electrons. The highest BCUT2D eigenvalue weighted by Crippen LogP contribution is 2.52. The van der Waals surface area contributed by atoms with Gasteiger partial charge >= 0.3 is 0 Å². The Kier molecular flexibility index (Phi) is 11.8. The molecule has 0 saturated carbocycles. The van der Waals surface area contributed by atoms with Gasteiger partial charge in [0.15, 0.2) is 7.28 Å². The van der Waals surface area contributed by atoms with Crippen LogP contribution in [0, 0.1) is 0 Å². The lowest BCUT2D eigenvalue weighted by Crippen LogP contribution is -2.40. The smallest absolute Gasteiger partial charge is 0.187 e. The van der Waals surface area contributed by atoms with Crippen LogP contribution >= 0.6 is 35.4 Å². The number of methoxy groups -OCH3 is 2. The molecule has 0 spiro atoms. The molecule has 0 bridgehead atoms. The van der Waals surface area contributed by atoms with Gasteiger partial charge in [-0.2, -0.15) is 0 Å². The van der Waals surface area contributed by atoms with Crippen LogP contribution in [-0.2, 0) is 56.3 Å². The molecule has 2 fully saturated rings. The molecule has 6 unspecified atom stereocenters. The highest BCUT2D eigenvalue weighted by molar-refractivity contribution is 8.61. The quantitative estimate of drug-likeness (QED) is 0.164. The third-order valence-corrected chi connectivity index (χ3v) is 6.99. The van der Waals surface area contributed by atoms with Gasteiger partial charge in [-0.3, -0.25) is 0 Å². The van der Waals surface area contributed by atoms with E-state index in [-0.39, 0.29) is 19.2 Å². The number of ether oxygens (including phenoxy) is 5. The Balaban J connectivity index is 1.90. The summed E-state index contributed by atoms with van der Waals surface area (Å²) in [6, 6.07) is -1.52. The van der Waals surface area contributed by atoms with Gasteiger partial charge in [0.05, 0.1) is 25.2 Å². The lowest BCUT2D eigenvalue weighted by atomic mass is 9.70. The van der Waals surface area contributed by atoms with Gasteiger partial charge < -0.3 is 32.7 Å². The summed E-state index contributed by atoms with van der Waals surface area (Å²) >= 11 is 19.1. The summed E-state index contributed by atoms with van der Waals surface area (Å²) < 4.78 is 53.9. The molecular weight excluding hydrogens is 523 g/mol. The Morgan fingerprint density at radius 2 is 1.58 bits per heavy atom. The highest BCUT2D eigenvalue weighted by Gasteiger charge is 2.47. The number of hydrogen-bond acceptors (Lipinski definition) is 9. The van der Waals surface area contributed by atoms with Crippen molar-refractivity contribution in [3.8, 4) is 0 Å². The van der Waals surface area contributed by atoms with Crippen LogP contribution in [0.3, 0.4) is 0 Å². The van der Waals surface area contributed by atoms with Crippen molar-refractivity contribution in [3.05, 3.63) is 0 Å². The molecule has 2 heterocycles. The Labute approximate surface area is 206 Å². The fraction of sp³-hybridized carbons (Fsp3) is 1.00. The van der Waals surface area contributed by atoms with Crippen molar-refractivity contribution in [3.63, 3.8) is 0 Å². The molecule has 0 aromatic carbocycles. The van der Waals surface area contributed by atoms with E-state index in [1.807, 2.05) is 0 Å². The average Bonchev–Trinajstić information content (AvgIpc) is 3.08. The molecule has 2 aliphatic rings. The predicted octanol–water partition coefficient (Wildman–Crippen LogP) is 1.79. The standard InChI is InChI=1S/C15H28B2FO7P2S4/c1-19-5-8-12(25-27(4,30)31)13(20-2)15(23-8)17-7-21-6-9-11(24-26(3,28)29)10(18)14(16)22-9/h8-15H,5-7H2,1-4H3,(H,28,29)(H,30,31)/t8-,9-,10?,11?,12?,13?,14-,15-/m1/s1. The van der Waals surface area contributed by atoms with E-state index in [2.05, 4.69) is 24.5 Å². The van der Waals surface area contributed by atoms with Crippen molar-refractivity contribution >= 4 is 74.2 Å². The Morgan fingerprint density at radius 3 is 2.13 bits per heavy atom. The predicted molar refractivity (Wildman–Crippen MR) is 135 cm³/mol.